The van der Waals surface area contributed by atoms with Crippen LogP contribution in [0.3, 0.4) is 0 Å². The summed E-state index contributed by atoms with van der Waals surface area (Å²) in [7, 11) is 0. The molecule has 0 radical (unpaired) electrons. The maximum Gasteiger partial charge on any atom is 0.340 e. The smallest absolute Gasteiger partial charge is 0.340 e. The van der Waals surface area contributed by atoms with Crippen molar-refractivity contribution >= 4 is 17.3 Å². The van der Waals surface area contributed by atoms with Gasteiger partial charge in [0.1, 0.15) is 0 Å². The van der Waals surface area contributed by atoms with Crippen LogP contribution in [-0.4, -0.2) is 43.7 Å². The minimum atomic E-state index is -0.325. The van der Waals surface area contributed by atoms with E-state index in [9.17, 15) is 4.79 Å². The van der Waals surface area contributed by atoms with Gasteiger partial charge in [-0.2, -0.15) is 0 Å². The van der Waals surface area contributed by atoms with Crippen LogP contribution >= 0.6 is 0 Å². The molecule has 1 saturated heterocycles. The number of likely N-dealkylation sites (tertiary alicyclic amines) is 1. The standard InChI is InChI=1S/C16H25N3O2/c1-3-19-8-7-12(11-19)10-18-15-6-5-13(17)9-14(15)16(20)21-4-2/h5-6,9,12,18H,3-4,7-8,10-11,17H2,1-2H3. The van der Waals surface area contributed by atoms with Crippen molar-refractivity contribution < 1.29 is 9.53 Å². The Kier molecular flexibility index (Phi) is 5.44. The lowest BCUT2D eigenvalue weighted by Crippen LogP contribution is -2.23. The summed E-state index contributed by atoms with van der Waals surface area (Å²) in [5.74, 6) is 0.298. The average Bonchev–Trinajstić information content (AvgIpc) is 2.94. The minimum absolute atomic E-state index is 0.325. The Hall–Kier alpha value is -1.75. The summed E-state index contributed by atoms with van der Waals surface area (Å²) >= 11 is 0. The van der Waals surface area contributed by atoms with Crippen LogP contribution in [0.4, 0.5) is 11.4 Å². The van der Waals surface area contributed by atoms with E-state index in [1.54, 1.807) is 19.1 Å². The second kappa shape index (κ2) is 7.31. The minimum Gasteiger partial charge on any atom is -0.462 e. The zero-order valence-corrected chi connectivity index (χ0v) is 12.9. The number of anilines is 2. The van der Waals surface area contributed by atoms with Gasteiger partial charge in [-0.3, -0.25) is 0 Å². The first-order chi connectivity index (χ1) is 10.1. The van der Waals surface area contributed by atoms with Crippen molar-refractivity contribution in [1.82, 2.24) is 4.90 Å². The molecule has 5 heteroatoms. The number of nitrogen functional groups attached to an aromatic ring is 1. The van der Waals surface area contributed by atoms with Crippen molar-refractivity contribution in [2.24, 2.45) is 5.92 Å². The molecule has 1 atom stereocenters. The molecule has 1 fully saturated rings. The molecule has 0 spiro atoms. The first-order valence-corrected chi connectivity index (χ1v) is 7.66. The molecular formula is C16H25N3O2. The van der Waals surface area contributed by atoms with E-state index in [1.807, 2.05) is 6.07 Å². The van der Waals surface area contributed by atoms with Crippen LogP contribution in [0.1, 0.15) is 30.6 Å². The van der Waals surface area contributed by atoms with Crippen LogP contribution in [0.25, 0.3) is 0 Å². The summed E-state index contributed by atoms with van der Waals surface area (Å²) in [6.07, 6.45) is 1.20. The third kappa shape index (κ3) is 4.11. The molecule has 0 bridgehead atoms. The molecule has 116 valence electrons. The molecular weight excluding hydrogens is 266 g/mol. The van der Waals surface area contributed by atoms with Gasteiger partial charge in [0.2, 0.25) is 0 Å². The molecule has 0 aromatic heterocycles. The Morgan fingerprint density at radius 3 is 2.95 bits per heavy atom. The van der Waals surface area contributed by atoms with Crippen LogP contribution in [0.5, 0.6) is 0 Å². The van der Waals surface area contributed by atoms with Gasteiger partial charge >= 0.3 is 5.97 Å². The normalized spacial score (nSPS) is 18.7. The van der Waals surface area contributed by atoms with E-state index in [-0.39, 0.29) is 5.97 Å². The Labute approximate surface area is 126 Å². The summed E-state index contributed by atoms with van der Waals surface area (Å²) in [6.45, 7) is 8.60. The maximum absolute atomic E-state index is 12.0. The fourth-order valence-electron chi connectivity index (χ4n) is 2.71. The van der Waals surface area contributed by atoms with E-state index < -0.39 is 0 Å². The third-order valence-electron chi connectivity index (χ3n) is 3.94. The predicted molar refractivity (Wildman–Crippen MR) is 85.5 cm³/mol. The number of nitrogens with zero attached hydrogens (tertiary/aromatic N) is 1. The van der Waals surface area contributed by atoms with Crippen LogP contribution in [-0.2, 0) is 4.74 Å². The Bertz CT molecular complexity index is 490. The number of nitrogens with one attached hydrogen (secondary N) is 1. The molecule has 0 aliphatic carbocycles. The molecule has 1 aromatic rings. The van der Waals surface area contributed by atoms with Crippen LogP contribution in [0.15, 0.2) is 18.2 Å². The number of esters is 1. The monoisotopic (exact) mass is 291 g/mol. The number of ether oxygens (including phenoxy) is 1. The first kappa shape index (κ1) is 15.6. The fourth-order valence-corrected chi connectivity index (χ4v) is 2.71. The quantitative estimate of drug-likeness (QED) is 0.621. The molecule has 0 saturated carbocycles. The van der Waals surface area contributed by atoms with Crippen molar-refractivity contribution in [1.29, 1.82) is 0 Å². The summed E-state index contributed by atoms with van der Waals surface area (Å²) in [5.41, 5.74) is 7.66. The van der Waals surface area contributed by atoms with Gasteiger partial charge in [0.05, 0.1) is 12.2 Å². The lowest BCUT2D eigenvalue weighted by atomic mass is 10.1. The molecule has 1 heterocycles. The van der Waals surface area contributed by atoms with Crippen LogP contribution in [0, 0.1) is 5.92 Å². The number of hydrogen-bond donors (Lipinski definition) is 2. The van der Waals surface area contributed by atoms with Crippen molar-refractivity contribution in [3.63, 3.8) is 0 Å². The Morgan fingerprint density at radius 1 is 1.48 bits per heavy atom. The predicted octanol–water partition coefficient (Wildman–Crippen LogP) is 2.20. The number of benzene rings is 1. The van der Waals surface area contributed by atoms with Gasteiger partial charge in [0, 0.05) is 24.5 Å². The molecule has 3 N–H and O–H groups in total. The number of hydrogen-bond acceptors (Lipinski definition) is 5. The molecule has 1 aromatic carbocycles. The topological polar surface area (TPSA) is 67.6 Å². The van der Waals surface area contributed by atoms with Crippen molar-refractivity contribution in [3.8, 4) is 0 Å². The summed E-state index contributed by atoms with van der Waals surface area (Å²) in [5, 5.41) is 3.38. The highest BCUT2D eigenvalue weighted by Crippen LogP contribution is 2.22. The van der Waals surface area contributed by atoms with E-state index in [0.717, 1.165) is 31.9 Å². The lowest BCUT2D eigenvalue weighted by Gasteiger charge is -2.16. The third-order valence-corrected chi connectivity index (χ3v) is 3.94. The van der Waals surface area contributed by atoms with Gasteiger partial charge in [-0.25, -0.2) is 4.79 Å². The molecule has 0 amide bonds. The van der Waals surface area contributed by atoms with Gasteiger partial charge < -0.3 is 20.7 Å². The summed E-state index contributed by atoms with van der Waals surface area (Å²) < 4.78 is 5.09. The highest BCUT2D eigenvalue weighted by atomic mass is 16.5. The summed E-state index contributed by atoms with van der Waals surface area (Å²) in [6, 6.07) is 5.33. The van der Waals surface area contributed by atoms with Gasteiger partial charge in [-0.1, -0.05) is 6.92 Å². The Balaban J connectivity index is 2.01. The molecule has 1 aliphatic rings. The summed E-state index contributed by atoms with van der Waals surface area (Å²) in [4.78, 5) is 14.4. The van der Waals surface area contributed by atoms with Gasteiger partial charge in [0.25, 0.3) is 0 Å². The largest absolute Gasteiger partial charge is 0.462 e. The van der Waals surface area contributed by atoms with E-state index >= 15 is 0 Å². The number of nitrogens with two attached hydrogens (primary N) is 1. The lowest BCUT2D eigenvalue weighted by molar-refractivity contribution is 0.0527. The van der Waals surface area contributed by atoms with Gasteiger partial charge in [-0.15, -0.1) is 0 Å². The number of carbonyl (C=O) groups is 1. The molecule has 5 nitrogen and oxygen atoms in total. The Morgan fingerprint density at radius 2 is 2.29 bits per heavy atom. The van der Waals surface area contributed by atoms with Crippen molar-refractivity contribution in [2.45, 2.75) is 20.3 Å². The second-order valence-electron chi connectivity index (χ2n) is 5.45. The van der Waals surface area contributed by atoms with E-state index in [0.29, 0.717) is 23.8 Å². The van der Waals surface area contributed by atoms with E-state index in [2.05, 4.69) is 17.1 Å². The highest BCUT2D eigenvalue weighted by molar-refractivity contribution is 5.96. The highest BCUT2D eigenvalue weighted by Gasteiger charge is 2.21. The van der Waals surface area contributed by atoms with Gasteiger partial charge in [0.15, 0.2) is 0 Å². The van der Waals surface area contributed by atoms with Crippen LogP contribution < -0.4 is 11.1 Å². The SMILES string of the molecule is CCOC(=O)c1cc(N)ccc1NCC1CCN(CC)C1. The van der Waals surface area contributed by atoms with E-state index in [4.69, 9.17) is 10.5 Å². The number of rotatable bonds is 6. The maximum atomic E-state index is 12.0. The molecule has 1 aliphatic heterocycles. The molecule has 1 unspecified atom stereocenters. The van der Waals surface area contributed by atoms with Crippen molar-refractivity contribution in [2.75, 3.05) is 43.8 Å². The molecule has 2 rings (SSSR count). The van der Waals surface area contributed by atoms with Gasteiger partial charge in [-0.05, 0) is 50.6 Å². The first-order valence-electron chi connectivity index (χ1n) is 7.66. The van der Waals surface area contributed by atoms with Crippen molar-refractivity contribution in [3.05, 3.63) is 23.8 Å². The second-order valence-corrected chi connectivity index (χ2v) is 5.45. The zero-order valence-electron chi connectivity index (χ0n) is 12.9. The van der Waals surface area contributed by atoms with E-state index in [1.165, 1.54) is 6.42 Å². The van der Waals surface area contributed by atoms with Crippen LogP contribution in [0.2, 0.25) is 0 Å². The molecule has 21 heavy (non-hydrogen) atoms. The average molecular weight is 291 g/mol. The zero-order chi connectivity index (χ0) is 15.2. The number of carbonyl (C=O) groups excluding carboxylic acids is 1. The fraction of sp³-hybridized carbons (Fsp3) is 0.562.